The van der Waals surface area contributed by atoms with E-state index in [1.807, 2.05) is 43.3 Å². The lowest BCUT2D eigenvalue weighted by Crippen LogP contribution is -2.25. The molecule has 0 fully saturated rings. The van der Waals surface area contributed by atoms with Gasteiger partial charge in [-0.25, -0.2) is 0 Å². The van der Waals surface area contributed by atoms with Crippen LogP contribution in [0.2, 0.25) is 0 Å². The number of fused-ring (bicyclic) bond motifs is 1. The highest BCUT2D eigenvalue weighted by molar-refractivity contribution is 6.04. The van der Waals surface area contributed by atoms with Gasteiger partial charge in [-0.05, 0) is 129 Å². The molecule has 5 aromatic rings. The third-order valence-electron chi connectivity index (χ3n) is 10.5. The van der Waals surface area contributed by atoms with Crippen LogP contribution in [0.3, 0.4) is 0 Å². The van der Waals surface area contributed by atoms with Crippen LogP contribution in [0.4, 0.5) is 0 Å². The van der Waals surface area contributed by atoms with Gasteiger partial charge in [0.15, 0.2) is 11.6 Å². The molecule has 7 rings (SSSR count). The monoisotopic (exact) mass is 708 g/mol. The van der Waals surface area contributed by atoms with Crippen LogP contribution in [0, 0.1) is 0 Å². The molecule has 4 heteroatoms. The average molecular weight is 709 g/mol. The molecular weight excluding hydrogens is 665 g/mol. The van der Waals surface area contributed by atoms with E-state index < -0.39 is 12.2 Å². The molecule has 2 aliphatic rings. The number of hydrogen-bond acceptors (Lipinski definition) is 4. The van der Waals surface area contributed by atoms with Crippen molar-refractivity contribution in [2.75, 3.05) is 0 Å². The van der Waals surface area contributed by atoms with Gasteiger partial charge in [-0.1, -0.05) is 146 Å². The van der Waals surface area contributed by atoms with Crippen molar-refractivity contribution < 1.29 is 19.8 Å². The molecule has 0 heterocycles. The fourth-order valence-corrected chi connectivity index (χ4v) is 7.53. The van der Waals surface area contributed by atoms with Gasteiger partial charge in [0, 0.05) is 0 Å². The topological polar surface area (TPSA) is 74.6 Å². The molecule has 0 aromatic heterocycles. The summed E-state index contributed by atoms with van der Waals surface area (Å²) in [6.45, 7) is 5.57. The molecule has 0 amide bonds. The standard InChI is InChI=1S/C50H44O4/c1-3-4-16-44-33(2)49(53)47(51)31-42(44)29-36-12-8-14-40(27-36)38-23-19-34(20-24-38)10-7-11-35-21-25-39(26-22-35)41-15-9-13-37(28-41)30-43-32-48(52)50(54)46-18-6-5-17-45(43)46/h3-6,8-9,12-28,31-32,49-50,53-54H,1,7,10-11,29-30H2,2H3/b16-4-. The van der Waals surface area contributed by atoms with Crippen molar-refractivity contribution in [1.82, 2.24) is 0 Å². The summed E-state index contributed by atoms with van der Waals surface area (Å²) in [5.41, 5.74) is 14.4. The number of benzene rings is 5. The number of aryl methyl sites for hydroxylation is 2. The van der Waals surface area contributed by atoms with Crippen molar-refractivity contribution >= 4 is 17.1 Å². The summed E-state index contributed by atoms with van der Waals surface area (Å²) >= 11 is 0. The summed E-state index contributed by atoms with van der Waals surface area (Å²) < 4.78 is 0. The van der Waals surface area contributed by atoms with Crippen molar-refractivity contribution in [3.63, 3.8) is 0 Å². The molecule has 2 atom stereocenters. The quantitative estimate of drug-likeness (QED) is 0.127. The lowest BCUT2D eigenvalue weighted by molar-refractivity contribution is -0.122. The van der Waals surface area contributed by atoms with Crippen molar-refractivity contribution in [3.05, 3.63) is 208 Å². The number of carbonyl (C=O) groups is 2. The van der Waals surface area contributed by atoms with Gasteiger partial charge in [-0.2, -0.15) is 0 Å². The second-order valence-corrected chi connectivity index (χ2v) is 14.2. The second-order valence-electron chi connectivity index (χ2n) is 14.2. The van der Waals surface area contributed by atoms with Crippen molar-refractivity contribution in [1.29, 1.82) is 0 Å². The Morgan fingerprint density at radius 2 is 1.13 bits per heavy atom. The summed E-state index contributed by atoms with van der Waals surface area (Å²) in [6.07, 6.45) is 10.7. The summed E-state index contributed by atoms with van der Waals surface area (Å²) in [4.78, 5) is 24.9. The van der Waals surface area contributed by atoms with Gasteiger partial charge in [0.25, 0.3) is 0 Å². The number of aliphatic hydroxyl groups excluding tert-OH is 2. The van der Waals surface area contributed by atoms with E-state index >= 15 is 0 Å². The van der Waals surface area contributed by atoms with Crippen molar-refractivity contribution in [2.24, 2.45) is 0 Å². The highest BCUT2D eigenvalue weighted by atomic mass is 16.3. The Morgan fingerprint density at radius 1 is 0.593 bits per heavy atom. The fraction of sp³-hybridized carbons (Fsp3) is 0.160. The fourth-order valence-electron chi connectivity index (χ4n) is 7.53. The Balaban J connectivity index is 0.945. The van der Waals surface area contributed by atoms with Crippen LogP contribution >= 0.6 is 0 Å². The van der Waals surface area contributed by atoms with E-state index in [1.165, 1.54) is 11.1 Å². The molecule has 0 saturated carbocycles. The van der Waals surface area contributed by atoms with Gasteiger partial charge in [0.2, 0.25) is 0 Å². The number of aliphatic hydroxyl groups is 2. The largest absolute Gasteiger partial charge is 0.381 e. The lowest BCUT2D eigenvalue weighted by atomic mass is 9.85. The highest BCUT2D eigenvalue weighted by Gasteiger charge is 2.26. The molecule has 5 aromatic carbocycles. The van der Waals surface area contributed by atoms with Crippen LogP contribution in [0.5, 0.6) is 0 Å². The first-order chi connectivity index (χ1) is 26.3. The van der Waals surface area contributed by atoms with Crippen LogP contribution in [0.15, 0.2) is 175 Å². The number of ketones is 2. The first-order valence-corrected chi connectivity index (χ1v) is 18.6. The predicted molar refractivity (Wildman–Crippen MR) is 219 cm³/mol. The Kier molecular flexibility index (Phi) is 11.1. The van der Waals surface area contributed by atoms with E-state index in [0.29, 0.717) is 24.0 Å². The Hall–Kier alpha value is -5.94. The van der Waals surface area contributed by atoms with E-state index in [2.05, 4.69) is 104 Å². The van der Waals surface area contributed by atoms with E-state index in [-0.39, 0.29) is 11.6 Å². The minimum absolute atomic E-state index is 0.262. The summed E-state index contributed by atoms with van der Waals surface area (Å²) in [6, 6.07) is 42.1. The van der Waals surface area contributed by atoms with Crippen LogP contribution in [0.25, 0.3) is 27.8 Å². The number of rotatable bonds is 12. The first kappa shape index (κ1) is 36.4. The van der Waals surface area contributed by atoms with Crippen molar-refractivity contribution in [2.45, 2.75) is 51.2 Å². The Morgan fingerprint density at radius 3 is 1.72 bits per heavy atom. The van der Waals surface area contributed by atoms with E-state index in [0.717, 1.165) is 74.9 Å². The first-order valence-electron chi connectivity index (χ1n) is 18.6. The number of carbonyl (C=O) groups excluding carboxylic acids is 2. The minimum Gasteiger partial charge on any atom is -0.381 e. The molecular formula is C50H44O4. The van der Waals surface area contributed by atoms with Gasteiger partial charge in [-0.15, -0.1) is 0 Å². The molecule has 4 nitrogen and oxygen atoms in total. The zero-order valence-corrected chi connectivity index (χ0v) is 30.5. The van der Waals surface area contributed by atoms with Crippen LogP contribution in [-0.4, -0.2) is 27.9 Å². The molecule has 2 unspecified atom stereocenters. The Bertz CT molecular complexity index is 2330. The van der Waals surface area contributed by atoms with Crippen LogP contribution < -0.4 is 0 Å². The molecule has 54 heavy (non-hydrogen) atoms. The predicted octanol–water partition coefficient (Wildman–Crippen LogP) is 9.91. The van der Waals surface area contributed by atoms with Gasteiger partial charge >= 0.3 is 0 Å². The molecule has 268 valence electrons. The third kappa shape index (κ3) is 8.16. The van der Waals surface area contributed by atoms with Gasteiger partial charge < -0.3 is 10.2 Å². The third-order valence-corrected chi connectivity index (χ3v) is 10.5. The Labute approximate surface area is 317 Å². The number of allylic oxidation sites excluding steroid dienone is 6. The van der Waals surface area contributed by atoms with Crippen LogP contribution in [-0.2, 0) is 35.3 Å². The van der Waals surface area contributed by atoms with Gasteiger partial charge in [0.1, 0.15) is 12.2 Å². The smallest absolute Gasteiger partial charge is 0.188 e. The maximum Gasteiger partial charge on any atom is 0.188 e. The normalized spacial score (nSPS) is 17.0. The zero-order valence-electron chi connectivity index (χ0n) is 30.5. The molecule has 2 aliphatic carbocycles. The SMILES string of the molecule is C=C/C=C\C1=C(C)C(O)C(=O)C=C1Cc1cccc(-c2ccc(CCCc3ccc(-c4cccc(CC5=CC(=O)C(O)c6ccccc65)c4)cc3)cc2)c1. The van der Waals surface area contributed by atoms with Gasteiger partial charge in [-0.3, -0.25) is 9.59 Å². The zero-order chi connectivity index (χ0) is 37.6. The summed E-state index contributed by atoms with van der Waals surface area (Å²) in [7, 11) is 0. The molecule has 0 bridgehead atoms. The second kappa shape index (κ2) is 16.4. The molecule has 2 N–H and O–H groups in total. The number of hydrogen-bond donors (Lipinski definition) is 2. The van der Waals surface area contributed by atoms with E-state index in [4.69, 9.17) is 0 Å². The summed E-state index contributed by atoms with van der Waals surface area (Å²) in [5.74, 6) is -0.537. The molecule has 0 saturated heterocycles. The maximum atomic E-state index is 12.5. The molecule has 0 aliphatic heterocycles. The van der Waals surface area contributed by atoms with Crippen molar-refractivity contribution in [3.8, 4) is 22.3 Å². The van der Waals surface area contributed by atoms with E-state index in [1.54, 1.807) is 18.2 Å². The highest BCUT2D eigenvalue weighted by Crippen LogP contribution is 2.34. The lowest BCUT2D eigenvalue weighted by Gasteiger charge is -2.21. The average Bonchev–Trinajstić information content (AvgIpc) is 3.20. The molecule has 0 radical (unpaired) electrons. The minimum atomic E-state index is -1.10. The van der Waals surface area contributed by atoms with E-state index in [9.17, 15) is 19.8 Å². The maximum absolute atomic E-state index is 12.5. The summed E-state index contributed by atoms with van der Waals surface area (Å²) in [5, 5.41) is 20.7. The molecule has 0 spiro atoms. The van der Waals surface area contributed by atoms with Crippen LogP contribution in [0.1, 0.15) is 52.8 Å². The van der Waals surface area contributed by atoms with Gasteiger partial charge in [0.05, 0.1) is 0 Å².